The summed E-state index contributed by atoms with van der Waals surface area (Å²) in [5.74, 6) is 2.45. The van der Waals surface area contributed by atoms with Gasteiger partial charge < -0.3 is 10.2 Å². The van der Waals surface area contributed by atoms with E-state index >= 15 is 0 Å². The van der Waals surface area contributed by atoms with Crippen molar-refractivity contribution in [3.63, 3.8) is 0 Å². The number of nitrogens with zero attached hydrogens (tertiary/aromatic N) is 2. The zero-order valence-electron chi connectivity index (χ0n) is 7.73. The summed E-state index contributed by atoms with van der Waals surface area (Å²) in [5.41, 5.74) is 5.40. The van der Waals surface area contributed by atoms with E-state index < -0.39 is 0 Å². The SMILES string of the molecule is NCc1nc(CCc2ccco2)n[nH]1. The fraction of sp³-hybridized carbons (Fsp3) is 0.333. The first-order chi connectivity index (χ1) is 6.88. The Morgan fingerprint density at radius 1 is 1.43 bits per heavy atom. The fourth-order valence-electron chi connectivity index (χ4n) is 1.23. The van der Waals surface area contributed by atoms with E-state index in [0.717, 1.165) is 30.3 Å². The Morgan fingerprint density at radius 2 is 2.36 bits per heavy atom. The largest absolute Gasteiger partial charge is 0.469 e. The van der Waals surface area contributed by atoms with Gasteiger partial charge in [-0.05, 0) is 12.1 Å². The molecule has 0 spiro atoms. The second-order valence-corrected chi connectivity index (χ2v) is 2.98. The van der Waals surface area contributed by atoms with E-state index in [1.165, 1.54) is 0 Å². The topological polar surface area (TPSA) is 80.7 Å². The number of H-pyrrole nitrogens is 1. The van der Waals surface area contributed by atoms with E-state index in [0.29, 0.717) is 6.54 Å². The van der Waals surface area contributed by atoms with Crippen molar-refractivity contribution in [3.05, 3.63) is 35.8 Å². The molecule has 2 heterocycles. The molecule has 3 N–H and O–H groups in total. The highest BCUT2D eigenvalue weighted by Crippen LogP contribution is 2.04. The molecule has 2 aromatic rings. The summed E-state index contributed by atoms with van der Waals surface area (Å²) in [5, 5.41) is 6.80. The lowest BCUT2D eigenvalue weighted by molar-refractivity contribution is 0.506. The predicted octanol–water partition coefficient (Wildman–Crippen LogP) is 0.642. The van der Waals surface area contributed by atoms with E-state index in [4.69, 9.17) is 10.2 Å². The van der Waals surface area contributed by atoms with Crippen molar-refractivity contribution in [3.8, 4) is 0 Å². The van der Waals surface area contributed by atoms with Crippen LogP contribution in [0.2, 0.25) is 0 Å². The number of hydrogen-bond acceptors (Lipinski definition) is 4. The molecule has 0 saturated carbocycles. The van der Waals surface area contributed by atoms with Crippen molar-refractivity contribution in [2.45, 2.75) is 19.4 Å². The zero-order valence-corrected chi connectivity index (χ0v) is 7.73. The molecule has 74 valence electrons. The lowest BCUT2D eigenvalue weighted by atomic mass is 10.2. The number of nitrogens with one attached hydrogen (secondary N) is 1. The van der Waals surface area contributed by atoms with Crippen LogP contribution in [0.25, 0.3) is 0 Å². The molecular formula is C9H12N4O. The Kier molecular flexibility index (Phi) is 2.60. The fourth-order valence-corrected chi connectivity index (χ4v) is 1.23. The first kappa shape index (κ1) is 8.96. The Labute approximate surface area is 81.3 Å². The highest BCUT2D eigenvalue weighted by molar-refractivity contribution is 5.01. The minimum absolute atomic E-state index is 0.397. The molecule has 0 aromatic carbocycles. The second-order valence-electron chi connectivity index (χ2n) is 2.98. The van der Waals surface area contributed by atoms with Crippen LogP contribution in [0.4, 0.5) is 0 Å². The highest BCUT2D eigenvalue weighted by Gasteiger charge is 2.03. The number of nitrogens with two attached hydrogens (primary N) is 1. The van der Waals surface area contributed by atoms with Gasteiger partial charge in [0.2, 0.25) is 0 Å². The average molecular weight is 192 g/mol. The summed E-state index contributed by atoms with van der Waals surface area (Å²) >= 11 is 0. The molecule has 0 amide bonds. The molecule has 5 nitrogen and oxygen atoms in total. The summed E-state index contributed by atoms with van der Waals surface area (Å²) in [6.45, 7) is 0.397. The molecule has 0 radical (unpaired) electrons. The zero-order chi connectivity index (χ0) is 9.80. The lowest BCUT2D eigenvalue weighted by Gasteiger charge is -1.91. The first-order valence-corrected chi connectivity index (χ1v) is 4.51. The molecule has 0 fully saturated rings. The average Bonchev–Trinajstić information content (AvgIpc) is 2.86. The predicted molar refractivity (Wildman–Crippen MR) is 50.4 cm³/mol. The third kappa shape index (κ3) is 2.00. The van der Waals surface area contributed by atoms with Gasteiger partial charge in [0.25, 0.3) is 0 Å². The van der Waals surface area contributed by atoms with Crippen molar-refractivity contribution in [2.24, 2.45) is 5.73 Å². The maximum Gasteiger partial charge on any atom is 0.151 e. The molecule has 5 heteroatoms. The molecule has 0 bridgehead atoms. The van der Waals surface area contributed by atoms with E-state index in [1.807, 2.05) is 12.1 Å². The molecule has 0 aliphatic heterocycles. The lowest BCUT2D eigenvalue weighted by Crippen LogP contribution is -1.98. The third-order valence-corrected chi connectivity index (χ3v) is 1.95. The van der Waals surface area contributed by atoms with Gasteiger partial charge in [-0.15, -0.1) is 0 Å². The first-order valence-electron chi connectivity index (χ1n) is 4.51. The number of furan rings is 1. The van der Waals surface area contributed by atoms with Gasteiger partial charge >= 0.3 is 0 Å². The summed E-state index contributed by atoms with van der Waals surface area (Å²) in [7, 11) is 0. The Hall–Kier alpha value is -1.62. The number of aromatic nitrogens is 3. The smallest absolute Gasteiger partial charge is 0.151 e. The van der Waals surface area contributed by atoms with Crippen LogP contribution in [-0.4, -0.2) is 15.2 Å². The Bertz CT molecular complexity index is 379. The van der Waals surface area contributed by atoms with E-state index in [-0.39, 0.29) is 0 Å². The van der Waals surface area contributed by atoms with Gasteiger partial charge in [-0.1, -0.05) is 0 Å². The van der Waals surface area contributed by atoms with Crippen molar-refractivity contribution in [1.29, 1.82) is 0 Å². The summed E-state index contributed by atoms with van der Waals surface area (Å²) < 4.78 is 5.20. The monoisotopic (exact) mass is 192 g/mol. The standard InChI is InChI=1S/C9H12N4O/c10-6-9-11-8(12-13-9)4-3-7-2-1-5-14-7/h1-2,5H,3-4,6,10H2,(H,11,12,13). The molecule has 0 aliphatic rings. The van der Waals surface area contributed by atoms with Gasteiger partial charge in [0.1, 0.15) is 11.6 Å². The van der Waals surface area contributed by atoms with Crippen LogP contribution in [0.3, 0.4) is 0 Å². The van der Waals surface area contributed by atoms with E-state index in [9.17, 15) is 0 Å². The molecule has 2 aromatic heterocycles. The molecular weight excluding hydrogens is 180 g/mol. The van der Waals surface area contributed by atoms with Crippen LogP contribution in [-0.2, 0) is 19.4 Å². The van der Waals surface area contributed by atoms with E-state index in [2.05, 4.69) is 15.2 Å². The summed E-state index contributed by atoms with van der Waals surface area (Å²) in [6.07, 6.45) is 3.25. The van der Waals surface area contributed by atoms with E-state index in [1.54, 1.807) is 6.26 Å². The number of aromatic amines is 1. The number of rotatable bonds is 4. The number of aryl methyl sites for hydroxylation is 2. The molecule has 0 saturated heterocycles. The maximum absolute atomic E-state index is 5.40. The summed E-state index contributed by atoms with van der Waals surface area (Å²) in [6, 6.07) is 3.81. The van der Waals surface area contributed by atoms with Crippen LogP contribution in [0.1, 0.15) is 17.4 Å². The Balaban J connectivity index is 1.92. The van der Waals surface area contributed by atoms with Gasteiger partial charge in [-0.3, -0.25) is 5.10 Å². The van der Waals surface area contributed by atoms with Crippen LogP contribution in [0.5, 0.6) is 0 Å². The van der Waals surface area contributed by atoms with Gasteiger partial charge in [-0.25, -0.2) is 4.98 Å². The van der Waals surface area contributed by atoms with Gasteiger partial charge in [0, 0.05) is 12.8 Å². The van der Waals surface area contributed by atoms with Gasteiger partial charge in [0.15, 0.2) is 5.82 Å². The van der Waals surface area contributed by atoms with Gasteiger partial charge in [0.05, 0.1) is 12.8 Å². The second kappa shape index (κ2) is 4.06. The normalized spacial score (nSPS) is 10.6. The minimum atomic E-state index is 0.397. The molecule has 0 unspecified atom stereocenters. The number of hydrogen-bond donors (Lipinski definition) is 2. The molecule has 2 rings (SSSR count). The molecule has 14 heavy (non-hydrogen) atoms. The third-order valence-electron chi connectivity index (χ3n) is 1.95. The minimum Gasteiger partial charge on any atom is -0.469 e. The van der Waals surface area contributed by atoms with Crippen molar-refractivity contribution < 1.29 is 4.42 Å². The molecule has 0 atom stereocenters. The van der Waals surface area contributed by atoms with Crippen LogP contribution in [0.15, 0.2) is 22.8 Å². The van der Waals surface area contributed by atoms with Crippen LogP contribution in [0, 0.1) is 0 Å². The maximum atomic E-state index is 5.40. The van der Waals surface area contributed by atoms with Crippen molar-refractivity contribution in [2.75, 3.05) is 0 Å². The van der Waals surface area contributed by atoms with Crippen molar-refractivity contribution >= 4 is 0 Å². The van der Waals surface area contributed by atoms with Crippen LogP contribution < -0.4 is 5.73 Å². The molecule has 0 aliphatic carbocycles. The van der Waals surface area contributed by atoms with Gasteiger partial charge in [-0.2, -0.15) is 5.10 Å². The summed E-state index contributed by atoms with van der Waals surface area (Å²) in [4.78, 5) is 4.19. The highest BCUT2D eigenvalue weighted by atomic mass is 16.3. The quantitative estimate of drug-likeness (QED) is 0.745. The Morgan fingerprint density at radius 3 is 3.00 bits per heavy atom. The van der Waals surface area contributed by atoms with Crippen LogP contribution >= 0.6 is 0 Å². The van der Waals surface area contributed by atoms with Crippen molar-refractivity contribution in [1.82, 2.24) is 15.2 Å².